The molecule has 7 heteroatoms. The normalized spacial score (nSPS) is 10.8. The number of rotatable bonds is 9. The first-order valence-corrected chi connectivity index (χ1v) is 25.9. The first kappa shape index (κ1) is 35.7. The third-order valence-electron chi connectivity index (χ3n) is 3.37. The molecule has 0 aromatic rings. The monoisotopic (exact) mass is 554 g/mol. The van der Waals surface area contributed by atoms with Crippen LogP contribution in [-0.4, -0.2) is 117 Å². The van der Waals surface area contributed by atoms with Gasteiger partial charge in [0.15, 0.2) is 0 Å². The van der Waals surface area contributed by atoms with E-state index in [4.69, 9.17) is 0 Å². The third-order valence-corrected chi connectivity index (χ3v) is 12.4. The largest absolute Gasteiger partial charge is 0.0899 e. The summed E-state index contributed by atoms with van der Waals surface area (Å²) in [4.78, 5) is 0. The summed E-state index contributed by atoms with van der Waals surface area (Å²) in [5, 5.41) is 0. The van der Waals surface area contributed by atoms with Crippen LogP contribution in [0.4, 0.5) is 0 Å². The Morgan fingerprint density at radius 2 is 0.360 bits per heavy atom. The SMILES string of the molecule is C[PH+](C)CC[PH+](C)C.C[PH+](C)CC[PH+](C)C.C[PH+](C)CC[PH+](C)C.[Mo]. The van der Waals surface area contributed by atoms with Gasteiger partial charge in [-0.25, -0.2) is 0 Å². The molecule has 0 nitrogen and oxygen atoms in total. The van der Waals surface area contributed by atoms with Gasteiger partial charge in [0, 0.05) is 101 Å². The van der Waals surface area contributed by atoms with Crippen LogP contribution in [0.2, 0.25) is 0 Å². The minimum atomic E-state index is 0. The Bertz CT molecular complexity index is 172. The van der Waals surface area contributed by atoms with Crippen LogP contribution < -0.4 is 0 Å². The van der Waals surface area contributed by atoms with E-state index in [1.165, 1.54) is 37.0 Å². The molecule has 0 atom stereocenters. The van der Waals surface area contributed by atoms with E-state index in [0.29, 0.717) is 0 Å². The summed E-state index contributed by atoms with van der Waals surface area (Å²) in [6, 6.07) is 0. The van der Waals surface area contributed by atoms with Gasteiger partial charge in [-0.2, -0.15) is 0 Å². The van der Waals surface area contributed by atoms with E-state index in [1.54, 1.807) is 0 Å². The van der Waals surface area contributed by atoms with Crippen LogP contribution in [0.15, 0.2) is 0 Å². The molecule has 0 aliphatic heterocycles. The second-order valence-corrected chi connectivity index (χ2v) is 26.2. The molecular formula is C18H54MoP6+6. The van der Waals surface area contributed by atoms with Gasteiger partial charge in [-0.1, -0.05) is 0 Å². The van der Waals surface area contributed by atoms with Gasteiger partial charge in [0.25, 0.3) is 0 Å². The van der Waals surface area contributed by atoms with Gasteiger partial charge in [0.2, 0.25) is 0 Å². The molecular weight excluding hydrogens is 498 g/mol. The molecule has 156 valence electrons. The number of hydrogen-bond acceptors (Lipinski definition) is 0. The van der Waals surface area contributed by atoms with Crippen molar-refractivity contribution in [1.29, 1.82) is 0 Å². The predicted molar refractivity (Wildman–Crippen MR) is 150 cm³/mol. The molecule has 0 aromatic carbocycles. The van der Waals surface area contributed by atoms with E-state index < -0.39 is 0 Å². The Morgan fingerprint density at radius 1 is 0.280 bits per heavy atom. The fourth-order valence-electron chi connectivity index (χ4n) is 1.50. The molecule has 0 rings (SSSR count). The van der Waals surface area contributed by atoms with Crippen LogP contribution in [0.25, 0.3) is 0 Å². The van der Waals surface area contributed by atoms with Gasteiger partial charge < -0.3 is 0 Å². The predicted octanol–water partition coefficient (Wildman–Crippen LogP) is 5.80. The smallest absolute Gasteiger partial charge is 0.00165 e. The van der Waals surface area contributed by atoms with Crippen molar-refractivity contribution in [3.8, 4) is 0 Å². The van der Waals surface area contributed by atoms with Crippen LogP contribution in [0, 0.1) is 0 Å². The van der Waals surface area contributed by atoms with E-state index in [9.17, 15) is 0 Å². The molecule has 0 bridgehead atoms. The van der Waals surface area contributed by atoms with E-state index in [2.05, 4.69) is 80.0 Å². The van der Waals surface area contributed by atoms with Gasteiger partial charge in [-0.3, -0.25) is 0 Å². The summed E-state index contributed by atoms with van der Waals surface area (Å²) in [5.74, 6) is 0. The zero-order valence-electron chi connectivity index (χ0n) is 19.7. The second-order valence-electron chi connectivity index (χ2n) is 8.74. The molecule has 0 saturated heterocycles. The average Bonchev–Trinajstić information content (AvgIpc) is 2.42. The Balaban J connectivity index is -0.000000130. The fraction of sp³-hybridized carbons (Fsp3) is 1.00. The minimum Gasteiger partial charge on any atom is -0.00165 e. The van der Waals surface area contributed by atoms with Gasteiger partial charge in [-0.05, 0) is 47.5 Å². The molecule has 25 heavy (non-hydrogen) atoms. The van der Waals surface area contributed by atoms with Crippen LogP contribution in [0.1, 0.15) is 0 Å². The van der Waals surface area contributed by atoms with Crippen LogP contribution in [-0.2, 0) is 21.1 Å². The van der Waals surface area contributed by atoms with E-state index in [0.717, 1.165) is 0 Å². The minimum absolute atomic E-state index is 0. The van der Waals surface area contributed by atoms with Crippen molar-refractivity contribution >= 4 is 47.5 Å². The van der Waals surface area contributed by atoms with E-state index >= 15 is 0 Å². The maximum absolute atomic E-state index is 2.40. The van der Waals surface area contributed by atoms with E-state index in [1.807, 2.05) is 0 Å². The molecule has 0 radical (unpaired) electrons. The molecule has 0 aromatic heterocycles. The zero-order chi connectivity index (χ0) is 19.7. The molecule has 0 fully saturated rings. The summed E-state index contributed by atoms with van der Waals surface area (Å²) in [7, 11) is 0.574. The fourth-order valence-corrected chi connectivity index (χ4v) is 13.5. The maximum atomic E-state index is 2.40. The topological polar surface area (TPSA) is 0 Å². The van der Waals surface area contributed by atoms with Crippen LogP contribution in [0.3, 0.4) is 0 Å². The summed E-state index contributed by atoms with van der Waals surface area (Å²) < 4.78 is 0. The van der Waals surface area contributed by atoms with Crippen molar-refractivity contribution in [3.05, 3.63) is 0 Å². The first-order chi connectivity index (χ1) is 10.9. The van der Waals surface area contributed by atoms with Crippen molar-refractivity contribution in [2.24, 2.45) is 0 Å². The second kappa shape index (κ2) is 25.3. The first-order valence-electron chi connectivity index (χ1n) is 9.62. The van der Waals surface area contributed by atoms with Crippen molar-refractivity contribution in [2.75, 3.05) is 117 Å². The third kappa shape index (κ3) is 52.2. The van der Waals surface area contributed by atoms with Gasteiger partial charge in [-0.15, -0.1) is 0 Å². The quantitative estimate of drug-likeness (QED) is 0.251. The van der Waals surface area contributed by atoms with E-state index in [-0.39, 0.29) is 68.6 Å². The van der Waals surface area contributed by atoms with Crippen molar-refractivity contribution in [2.45, 2.75) is 0 Å². The van der Waals surface area contributed by atoms with Crippen molar-refractivity contribution in [3.63, 3.8) is 0 Å². The Kier molecular flexibility index (Phi) is 36.1. The summed E-state index contributed by atoms with van der Waals surface area (Å²) >= 11 is 0. The summed E-state index contributed by atoms with van der Waals surface area (Å²) in [6.07, 6.45) is 9.20. The molecule has 0 unspecified atom stereocenters. The van der Waals surface area contributed by atoms with Crippen molar-refractivity contribution in [1.82, 2.24) is 0 Å². The van der Waals surface area contributed by atoms with Crippen LogP contribution >= 0.6 is 47.5 Å². The average molecular weight is 552 g/mol. The Morgan fingerprint density at radius 3 is 0.400 bits per heavy atom. The molecule has 0 saturated carbocycles. The molecule has 0 amide bonds. The van der Waals surface area contributed by atoms with Crippen molar-refractivity contribution < 1.29 is 21.1 Å². The number of hydrogen-bond donors (Lipinski definition) is 0. The van der Waals surface area contributed by atoms with Gasteiger partial charge in [0.1, 0.15) is 0 Å². The molecule has 0 aliphatic rings. The zero-order valence-corrected chi connectivity index (χ0v) is 27.7. The summed E-state index contributed by atoms with van der Waals surface area (Å²) in [6.45, 7) is 28.8. The Labute approximate surface area is 184 Å². The standard InChI is InChI=1S/3C6H16P2.Mo/c3*1-7(2)5-6-8(3)4;/h3*5-6H2,1-4H3;/p+6. The molecule has 0 aliphatic carbocycles. The Hall–Kier alpha value is 3.27. The molecule has 0 heterocycles. The van der Waals surface area contributed by atoms with Gasteiger partial charge in [0.05, 0.1) is 37.0 Å². The summed E-state index contributed by atoms with van der Waals surface area (Å²) in [5.41, 5.74) is 0. The molecule has 0 N–H and O–H groups in total. The molecule has 0 spiro atoms. The van der Waals surface area contributed by atoms with Crippen LogP contribution in [0.5, 0.6) is 0 Å². The maximum Gasteiger partial charge on any atom is 0.0899 e. The van der Waals surface area contributed by atoms with Gasteiger partial charge >= 0.3 is 0 Å².